The Morgan fingerprint density at radius 1 is 1.50 bits per heavy atom. The van der Waals surface area contributed by atoms with Gasteiger partial charge in [0, 0.05) is 23.7 Å². The van der Waals surface area contributed by atoms with Crippen LogP contribution in [-0.4, -0.2) is 41.6 Å². The summed E-state index contributed by atoms with van der Waals surface area (Å²) in [6, 6.07) is 5.26. The third-order valence-electron chi connectivity index (χ3n) is 3.46. The zero-order chi connectivity index (χ0) is 14.7. The summed E-state index contributed by atoms with van der Waals surface area (Å²) in [5, 5.41) is 9.49. The number of carboxylic acids is 1. The van der Waals surface area contributed by atoms with Crippen molar-refractivity contribution in [2.24, 2.45) is 5.92 Å². The summed E-state index contributed by atoms with van der Waals surface area (Å²) in [4.78, 5) is 24.3. The zero-order valence-electron chi connectivity index (χ0n) is 11.1. The first-order valence-electron chi connectivity index (χ1n) is 6.37. The van der Waals surface area contributed by atoms with Gasteiger partial charge in [0.1, 0.15) is 5.75 Å². The quantitative estimate of drug-likeness (QED) is 0.922. The molecule has 20 heavy (non-hydrogen) atoms. The van der Waals surface area contributed by atoms with E-state index in [4.69, 9.17) is 21.4 Å². The average molecular weight is 298 g/mol. The molecule has 2 rings (SSSR count). The second-order valence-electron chi connectivity index (χ2n) is 4.82. The predicted molar refractivity (Wildman–Crippen MR) is 74.0 cm³/mol. The Bertz CT molecular complexity index is 532. The van der Waals surface area contributed by atoms with Crippen molar-refractivity contribution in [1.82, 2.24) is 4.90 Å². The van der Waals surface area contributed by atoms with Gasteiger partial charge in [-0.05, 0) is 25.5 Å². The minimum atomic E-state index is -0.855. The lowest BCUT2D eigenvalue weighted by Crippen LogP contribution is -2.33. The van der Waals surface area contributed by atoms with Crippen LogP contribution < -0.4 is 4.74 Å². The fraction of sp³-hybridized carbons (Fsp3) is 0.429. The molecule has 108 valence electrons. The van der Waals surface area contributed by atoms with E-state index in [0.717, 1.165) is 5.56 Å². The second kappa shape index (κ2) is 6.13. The summed E-state index contributed by atoms with van der Waals surface area (Å²) in [6.45, 7) is 2.44. The molecule has 1 aromatic rings. The number of hydrogen-bond acceptors (Lipinski definition) is 3. The molecule has 1 amide bonds. The number of amides is 1. The van der Waals surface area contributed by atoms with Gasteiger partial charge in [0.15, 0.2) is 6.61 Å². The highest BCUT2D eigenvalue weighted by molar-refractivity contribution is 6.31. The molecule has 0 spiro atoms. The van der Waals surface area contributed by atoms with E-state index in [-0.39, 0.29) is 19.1 Å². The van der Waals surface area contributed by atoms with Gasteiger partial charge in [0.05, 0.1) is 5.92 Å². The minimum absolute atomic E-state index is 0.104. The Morgan fingerprint density at radius 3 is 2.90 bits per heavy atom. The number of carboxylic acid groups (broad SMARTS) is 1. The third kappa shape index (κ3) is 3.22. The van der Waals surface area contributed by atoms with E-state index < -0.39 is 11.9 Å². The van der Waals surface area contributed by atoms with E-state index in [1.54, 1.807) is 18.2 Å². The highest BCUT2D eigenvalue weighted by atomic mass is 35.5. The number of likely N-dealkylation sites (tertiary alicyclic amines) is 1. The van der Waals surface area contributed by atoms with Crippen LogP contribution in [0.3, 0.4) is 0 Å². The largest absolute Gasteiger partial charge is 0.483 e. The molecule has 1 aromatic carbocycles. The summed E-state index contributed by atoms with van der Waals surface area (Å²) in [5.41, 5.74) is 0.784. The molecule has 0 bridgehead atoms. The van der Waals surface area contributed by atoms with E-state index >= 15 is 0 Å². The Hall–Kier alpha value is -1.75. The molecule has 1 aliphatic rings. The van der Waals surface area contributed by atoms with Gasteiger partial charge in [0.25, 0.3) is 5.91 Å². The van der Waals surface area contributed by atoms with Crippen LogP contribution in [0.15, 0.2) is 18.2 Å². The Balaban J connectivity index is 1.90. The standard InChI is InChI=1S/C14H16ClNO4/c1-9-11(15)3-2-4-12(9)20-8-13(17)16-6-5-10(7-16)14(18)19/h2-4,10H,5-8H2,1H3,(H,18,19). The highest BCUT2D eigenvalue weighted by Crippen LogP contribution is 2.25. The first-order chi connectivity index (χ1) is 9.49. The van der Waals surface area contributed by atoms with Crippen LogP contribution in [0.2, 0.25) is 5.02 Å². The molecular weight excluding hydrogens is 282 g/mol. The van der Waals surface area contributed by atoms with Gasteiger partial charge in [-0.3, -0.25) is 9.59 Å². The van der Waals surface area contributed by atoms with Gasteiger partial charge in [-0.25, -0.2) is 0 Å². The number of rotatable bonds is 4. The molecule has 0 saturated carbocycles. The van der Waals surface area contributed by atoms with Crippen molar-refractivity contribution >= 4 is 23.5 Å². The number of halogens is 1. The SMILES string of the molecule is Cc1c(Cl)cccc1OCC(=O)N1CCC(C(=O)O)C1. The maximum absolute atomic E-state index is 12.0. The van der Waals surface area contributed by atoms with Crippen molar-refractivity contribution in [2.75, 3.05) is 19.7 Å². The third-order valence-corrected chi connectivity index (χ3v) is 3.87. The van der Waals surface area contributed by atoms with Crippen LogP contribution in [-0.2, 0) is 9.59 Å². The minimum Gasteiger partial charge on any atom is -0.483 e. The fourth-order valence-corrected chi connectivity index (χ4v) is 2.33. The molecule has 1 heterocycles. The van der Waals surface area contributed by atoms with E-state index in [9.17, 15) is 9.59 Å². The van der Waals surface area contributed by atoms with E-state index in [1.807, 2.05) is 6.92 Å². The summed E-state index contributed by atoms with van der Waals surface area (Å²) >= 11 is 5.97. The second-order valence-corrected chi connectivity index (χ2v) is 5.22. The number of nitrogens with zero attached hydrogens (tertiary/aromatic N) is 1. The highest BCUT2D eigenvalue weighted by Gasteiger charge is 2.30. The summed E-state index contributed by atoms with van der Waals surface area (Å²) in [7, 11) is 0. The van der Waals surface area contributed by atoms with Gasteiger partial charge in [-0.15, -0.1) is 0 Å². The van der Waals surface area contributed by atoms with Gasteiger partial charge in [0.2, 0.25) is 0 Å². The van der Waals surface area contributed by atoms with Crippen molar-refractivity contribution in [3.05, 3.63) is 28.8 Å². The summed E-state index contributed by atoms with van der Waals surface area (Å²) < 4.78 is 5.46. The normalized spacial score (nSPS) is 18.1. The van der Waals surface area contributed by atoms with Crippen LogP contribution in [0.4, 0.5) is 0 Å². The molecule has 0 aromatic heterocycles. The van der Waals surface area contributed by atoms with Crippen LogP contribution in [0.1, 0.15) is 12.0 Å². The van der Waals surface area contributed by atoms with Crippen LogP contribution in [0.25, 0.3) is 0 Å². The smallest absolute Gasteiger partial charge is 0.308 e. The van der Waals surface area contributed by atoms with Gasteiger partial charge in [-0.1, -0.05) is 17.7 Å². The van der Waals surface area contributed by atoms with Crippen LogP contribution >= 0.6 is 11.6 Å². The maximum atomic E-state index is 12.0. The van der Waals surface area contributed by atoms with Crippen molar-refractivity contribution in [2.45, 2.75) is 13.3 Å². The zero-order valence-corrected chi connectivity index (χ0v) is 11.9. The van der Waals surface area contributed by atoms with Crippen molar-refractivity contribution in [1.29, 1.82) is 0 Å². The predicted octanol–water partition coefficient (Wildman–Crippen LogP) is 1.96. The van der Waals surface area contributed by atoms with E-state index in [2.05, 4.69) is 0 Å². The summed E-state index contributed by atoms with van der Waals surface area (Å²) in [5.74, 6) is -0.952. The molecule has 5 nitrogen and oxygen atoms in total. The molecular formula is C14H16ClNO4. The molecule has 6 heteroatoms. The van der Waals surface area contributed by atoms with Gasteiger partial charge < -0.3 is 14.7 Å². The van der Waals surface area contributed by atoms with E-state index in [0.29, 0.717) is 23.7 Å². The number of aliphatic carboxylic acids is 1. The summed E-state index contributed by atoms with van der Waals surface area (Å²) in [6.07, 6.45) is 0.497. The number of hydrogen-bond donors (Lipinski definition) is 1. The molecule has 1 unspecified atom stereocenters. The topological polar surface area (TPSA) is 66.8 Å². The first-order valence-corrected chi connectivity index (χ1v) is 6.75. The molecule has 1 aliphatic heterocycles. The van der Waals surface area contributed by atoms with Gasteiger partial charge >= 0.3 is 5.97 Å². The van der Waals surface area contributed by atoms with Crippen molar-refractivity contribution < 1.29 is 19.4 Å². The lowest BCUT2D eigenvalue weighted by atomic mass is 10.1. The Kier molecular flexibility index (Phi) is 4.49. The van der Waals surface area contributed by atoms with Crippen molar-refractivity contribution in [3.8, 4) is 5.75 Å². The number of benzene rings is 1. The first kappa shape index (κ1) is 14.7. The molecule has 0 radical (unpaired) electrons. The maximum Gasteiger partial charge on any atom is 0.308 e. The monoisotopic (exact) mass is 297 g/mol. The average Bonchev–Trinajstić information content (AvgIpc) is 2.90. The molecule has 1 saturated heterocycles. The lowest BCUT2D eigenvalue weighted by molar-refractivity contribution is -0.141. The molecule has 1 N–H and O–H groups in total. The number of carbonyl (C=O) groups is 2. The fourth-order valence-electron chi connectivity index (χ4n) is 2.16. The van der Waals surface area contributed by atoms with Gasteiger partial charge in [-0.2, -0.15) is 0 Å². The van der Waals surface area contributed by atoms with Crippen molar-refractivity contribution in [3.63, 3.8) is 0 Å². The molecule has 0 aliphatic carbocycles. The van der Waals surface area contributed by atoms with Crippen LogP contribution in [0, 0.1) is 12.8 Å². The Morgan fingerprint density at radius 2 is 2.25 bits per heavy atom. The lowest BCUT2D eigenvalue weighted by Gasteiger charge is -2.17. The van der Waals surface area contributed by atoms with Crippen LogP contribution in [0.5, 0.6) is 5.75 Å². The Labute approximate surface area is 122 Å². The molecule has 1 fully saturated rings. The molecule has 1 atom stereocenters. The number of ether oxygens (including phenoxy) is 1. The van der Waals surface area contributed by atoms with E-state index in [1.165, 1.54) is 4.90 Å². The number of carbonyl (C=O) groups excluding carboxylic acids is 1.